The van der Waals surface area contributed by atoms with E-state index in [4.69, 9.17) is 0 Å². The Morgan fingerprint density at radius 2 is 1.63 bits per heavy atom. The van der Waals surface area contributed by atoms with Gasteiger partial charge in [-0.3, -0.25) is 0 Å². The van der Waals surface area contributed by atoms with E-state index in [2.05, 4.69) is 42.8 Å². The number of aromatic nitrogens is 6. The van der Waals surface area contributed by atoms with Crippen LogP contribution in [0.4, 0.5) is 11.8 Å². The quantitative estimate of drug-likeness (QED) is 0.439. The molecule has 4 heterocycles. The average molecular weight is 468 g/mol. The molecule has 4 aromatic rings. The van der Waals surface area contributed by atoms with Crippen LogP contribution in [0.1, 0.15) is 18.1 Å². The van der Waals surface area contributed by atoms with Gasteiger partial charge >= 0.3 is 5.69 Å². The molecular weight excluding hydrogens is 442 g/mol. The second-order valence-corrected chi connectivity index (χ2v) is 8.38. The molecular formula is C25H25N9O. The molecule has 0 amide bonds. The van der Waals surface area contributed by atoms with E-state index in [1.165, 1.54) is 15.6 Å². The van der Waals surface area contributed by atoms with Crippen molar-refractivity contribution < 1.29 is 0 Å². The zero-order valence-corrected chi connectivity index (χ0v) is 19.7. The second-order valence-electron chi connectivity index (χ2n) is 8.38. The predicted molar refractivity (Wildman–Crippen MR) is 133 cm³/mol. The van der Waals surface area contributed by atoms with E-state index in [9.17, 15) is 10.1 Å². The van der Waals surface area contributed by atoms with Crippen molar-refractivity contribution in [3.8, 4) is 22.9 Å². The molecule has 10 nitrogen and oxygen atoms in total. The molecule has 1 aromatic carbocycles. The maximum atomic E-state index is 12.1. The number of hydrogen-bond donors (Lipinski definition) is 0. The van der Waals surface area contributed by atoms with E-state index in [0.29, 0.717) is 11.4 Å². The van der Waals surface area contributed by atoms with Gasteiger partial charge in [-0.1, -0.05) is 19.1 Å². The molecule has 0 spiro atoms. The van der Waals surface area contributed by atoms with Gasteiger partial charge in [-0.15, -0.1) is 0 Å². The third-order valence-electron chi connectivity index (χ3n) is 6.25. The zero-order chi connectivity index (χ0) is 24.4. The fraction of sp³-hybridized carbons (Fsp3) is 0.280. The van der Waals surface area contributed by atoms with Gasteiger partial charge in [0.15, 0.2) is 0 Å². The first-order chi connectivity index (χ1) is 17.1. The minimum absolute atomic E-state index is 0.208. The van der Waals surface area contributed by atoms with E-state index in [-0.39, 0.29) is 5.69 Å². The lowest BCUT2D eigenvalue weighted by molar-refractivity contribution is 0.633. The molecule has 1 aliphatic rings. The number of benzene rings is 1. The Morgan fingerprint density at radius 3 is 2.23 bits per heavy atom. The third-order valence-corrected chi connectivity index (χ3v) is 6.25. The Labute approximate surface area is 202 Å². The lowest BCUT2D eigenvalue weighted by Crippen LogP contribution is -2.47. The van der Waals surface area contributed by atoms with Gasteiger partial charge in [0, 0.05) is 57.4 Å². The van der Waals surface area contributed by atoms with E-state index in [1.807, 2.05) is 42.7 Å². The summed E-state index contributed by atoms with van der Waals surface area (Å²) >= 11 is 0. The molecule has 176 valence electrons. The number of nitriles is 1. The molecule has 0 saturated carbocycles. The lowest BCUT2D eigenvalue weighted by atomic mass is 10.0. The Balaban J connectivity index is 1.31. The van der Waals surface area contributed by atoms with Crippen molar-refractivity contribution in [2.45, 2.75) is 13.3 Å². The summed E-state index contributed by atoms with van der Waals surface area (Å²) < 4.78 is 2.76. The number of hydrogen-bond acceptors (Lipinski definition) is 8. The number of nitrogens with zero attached hydrogens (tertiary/aromatic N) is 9. The van der Waals surface area contributed by atoms with Crippen LogP contribution in [0.3, 0.4) is 0 Å². The van der Waals surface area contributed by atoms with Crippen LogP contribution in [0.15, 0.2) is 60.0 Å². The van der Waals surface area contributed by atoms with Crippen LogP contribution in [0, 0.1) is 11.3 Å². The van der Waals surface area contributed by atoms with Crippen LogP contribution < -0.4 is 15.5 Å². The van der Waals surface area contributed by atoms with Crippen LogP contribution in [0.2, 0.25) is 0 Å². The molecule has 3 aromatic heterocycles. The highest BCUT2D eigenvalue weighted by molar-refractivity contribution is 5.69. The standard InChI is InChI=1S/C25H25N9O/c1-3-18-14-28-24(29-15-18)33-10-8-32(9-11-33)23-20(13-26)12-21(16-27-23)19-4-6-22(7-5-19)34-17-30-31(2)25(34)35/h4-7,12,14-17H,3,8-11H2,1-2H3. The maximum Gasteiger partial charge on any atom is 0.350 e. The van der Waals surface area contributed by atoms with Crippen molar-refractivity contribution in [3.63, 3.8) is 0 Å². The first kappa shape index (κ1) is 22.3. The number of aryl methyl sites for hydroxylation is 2. The van der Waals surface area contributed by atoms with Crippen molar-refractivity contribution in [1.82, 2.24) is 29.3 Å². The number of piperazine rings is 1. The van der Waals surface area contributed by atoms with Crippen molar-refractivity contribution in [3.05, 3.63) is 76.9 Å². The van der Waals surface area contributed by atoms with E-state index in [0.717, 1.165) is 60.9 Å². The molecule has 1 aliphatic heterocycles. The first-order valence-electron chi connectivity index (χ1n) is 11.5. The summed E-state index contributed by atoms with van der Waals surface area (Å²) in [5.74, 6) is 1.43. The Kier molecular flexibility index (Phi) is 5.97. The molecule has 1 fully saturated rings. The van der Waals surface area contributed by atoms with E-state index >= 15 is 0 Å². The van der Waals surface area contributed by atoms with Gasteiger partial charge in [-0.05, 0) is 35.7 Å². The van der Waals surface area contributed by atoms with E-state index < -0.39 is 0 Å². The van der Waals surface area contributed by atoms with Crippen molar-refractivity contribution in [1.29, 1.82) is 5.26 Å². The van der Waals surface area contributed by atoms with Gasteiger partial charge in [0.2, 0.25) is 5.95 Å². The smallest absolute Gasteiger partial charge is 0.350 e. The Morgan fingerprint density at radius 1 is 0.943 bits per heavy atom. The van der Waals surface area contributed by atoms with Crippen molar-refractivity contribution in [2.75, 3.05) is 36.0 Å². The topological polar surface area (TPSA) is 109 Å². The van der Waals surface area contributed by atoms with Crippen LogP contribution in [0.5, 0.6) is 0 Å². The van der Waals surface area contributed by atoms with Crippen molar-refractivity contribution >= 4 is 11.8 Å². The summed E-state index contributed by atoms with van der Waals surface area (Å²) in [7, 11) is 1.61. The highest BCUT2D eigenvalue weighted by atomic mass is 16.2. The largest absolute Gasteiger partial charge is 0.352 e. The van der Waals surface area contributed by atoms with Crippen LogP contribution in [-0.2, 0) is 13.5 Å². The number of rotatable bonds is 5. The summed E-state index contributed by atoms with van der Waals surface area (Å²) in [5, 5.41) is 13.8. The molecule has 0 aliphatic carbocycles. The summed E-state index contributed by atoms with van der Waals surface area (Å²) in [4.78, 5) is 30.0. The van der Waals surface area contributed by atoms with E-state index in [1.54, 1.807) is 13.2 Å². The van der Waals surface area contributed by atoms with Crippen LogP contribution in [-0.4, -0.2) is 55.5 Å². The van der Waals surface area contributed by atoms with Gasteiger partial charge in [0.1, 0.15) is 18.2 Å². The van der Waals surface area contributed by atoms with Gasteiger partial charge in [-0.25, -0.2) is 29.0 Å². The minimum atomic E-state index is -0.208. The van der Waals surface area contributed by atoms with Gasteiger partial charge < -0.3 is 9.80 Å². The fourth-order valence-corrected chi connectivity index (χ4v) is 4.14. The minimum Gasteiger partial charge on any atom is -0.352 e. The van der Waals surface area contributed by atoms with Gasteiger partial charge in [-0.2, -0.15) is 10.4 Å². The number of anilines is 2. The predicted octanol–water partition coefficient (Wildman–Crippen LogP) is 2.18. The molecule has 0 unspecified atom stereocenters. The SMILES string of the molecule is CCc1cnc(N2CCN(c3ncc(-c4ccc(-n5cnn(C)c5=O)cc4)cc3C#N)CC2)nc1. The molecule has 0 radical (unpaired) electrons. The third kappa shape index (κ3) is 4.36. The first-order valence-corrected chi connectivity index (χ1v) is 11.5. The summed E-state index contributed by atoms with van der Waals surface area (Å²) in [6.45, 7) is 5.06. The molecule has 5 rings (SSSR count). The summed E-state index contributed by atoms with van der Waals surface area (Å²) in [5.41, 5.74) is 3.93. The Hall–Kier alpha value is -4.52. The molecule has 0 N–H and O–H groups in total. The van der Waals surface area contributed by atoms with Crippen LogP contribution in [0.25, 0.3) is 16.8 Å². The summed E-state index contributed by atoms with van der Waals surface area (Å²) in [6, 6.07) is 11.7. The molecule has 0 atom stereocenters. The molecule has 0 bridgehead atoms. The van der Waals surface area contributed by atoms with Crippen molar-refractivity contribution in [2.24, 2.45) is 7.05 Å². The second kappa shape index (κ2) is 9.38. The number of pyridine rings is 1. The molecule has 10 heteroatoms. The Bertz CT molecular complexity index is 1420. The van der Waals surface area contributed by atoms with Crippen LogP contribution >= 0.6 is 0 Å². The fourth-order valence-electron chi connectivity index (χ4n) is 4.14. The zero-order valence-electron chi connectivity index (χ0n) is 19.7. The molecule has 1 saturated heterocycles. The lowest BCUT2D eigenvalue weighted by Gasteiger charge is -2.35. The summed E-state index contributed by atoms with van der Waals surface area (Å²) in [6.07, 6.45) is 7.96. The molecule has 35 heavy (non-hydrogen) atoms. The average Bonchev–Trinajstić information content (AvgIpc) is 3.26. The monoisotopic (exact) mass is 467 g/mol. The highest BCUT2D eigenvalue weighted by Gasteiger charge is 2.22. The normalized spacial score (nSPS) is 13.6. The van der Waals surface area contributed by atoms with Gasteiger partial charge in [0.25, 0.3) is 0 Å². The maximum absolute atomic E-state index is 12.1. The van der Waals surface area contributed by atoms with Gasteiger partial charge in [0.05, 0.1) is 11.3 Å². The highest BCUT2D eigenvalue weighted by Crippen LogP contribution is 2.26.